The van der Waals surface area contributed by atoms with E-state index in [4.69, 9.17) is 16.5 Å². The molecule has 33 heavy (non-hydrogen) atoms. The zero-order valence-electron chi connectivity index (χ0n) is 20.0. The highest BCUT2D eigenvalue weighted by atomic mass is 16.3. The third kappa shape index (κ3) is 6.96. The summed E-state index contributed by atoms with van der Waals surface area (Å²) in [6.07, 6.45) is 8.87. The predicted molar refractivity (Wildman–Crippen MR) is 132 cm³/mol. The van der Waals surface area contributed by atoms with Crippen molar-refractivity contribution < 1.29 is 9.90 Å². The molecule has 1 atom stereocenters. The number of aliphatic hydroxyl groups is 1. The maximum atomic E-state index is 10.6. The summed E-state index contributed by atoms with van der Waals surface area (Å²) in [7, 11) is 1.69. The molecule has 2 aromatic heterocycles. The highest BCUT2D eigenvalue weighted by Gasteiger charge is 2.26. The molecule has 172 valence electrons. The maximum Gasteiger partial charge on any atom is 0.251 e. The summed E-state index contributed by atoms with van der Waals surface area (Å²) in [6, 6.07) is 13.7. The molecule has 1 saturated heterocycles. The molecule has 1 unspecified atom stereocenters. The van der Waals surface area contributed by atoms with Gasteiger partial charge in [-0.15, -0.1) is 6.42 Å². The Balaban J connectivity index is 0.000000323. The van der Waals surface area contributed by atoms with E-state index in [0.717, 1.165) is 28.1 Å². The smallest absolute Gasteiger partial charge is 0.251 e. The number of aromatic nitrogens is 3. The quantitative estimate of drug-likeness (QED) is 0.600. The first-order valence-corrected chi connectivity index (χ1v) is 11.2. The van der Waals surface area contributed by atoms with Gasteiger partial charge in [0, 0.05) is 48.4 Å². The summed E-state index contributed by atoms with van der Waals surface area (Å²) in [4.78, 5) is 25.6. The molecule has 0 radical (unpaired) electrons. The van der Waals surface area contributed by atoms with E-state index in [1.165, 1.54) is 4.90 Å². The molecule has 0 saturated carbocycles. The van der Waals surface area contributed by atoms with Gasteiger partial charge >= 0.3 is 0 Å². The van der Waals surface area contributed by atoms with E-state index in [0.29, 0.717) is 24.7 Å². The molecule has 1 N–H and O–H groups in total. The third-order valence-corrected chi connectivity index (χ3v) is 4.98. The second-order valence-corrected chi connectivity index (χ2v) is 7.68. The highest BCUT2D eigenvalue weighted by Crippen LogP contribution is 2.27. The number of pyridine rings is 1. The van der Waals surface area contributed by atoms with Gasteiger partial charge in [-0.3, -0.25) is 9.78 Å². The van der Waals surface area contributed by atoms with Crippen LogP contribution in [0.2, 0.25) is 0 Å². The number of amides is 1. The Morgan fingerprint density at radius 1 is 1.09 bits per heavy atom. The Hall–Kier alpha value is -3.56. The molecule has 6 heteroatoms. The molecule has 1 amide bonds. The monoisotopic (exact) mass is 444 g/mol. The van der Waals surface area contributed by atoms with Crippen LogP contribution in [0.5, 0.6) is 0 Å². The summed E-state index contributed by atoms with van der Waals surface area (Å²) in [6.45, 7) is 8.94. The van der Waals surface area contributed by atoms with E-state index in [2.05, 4.69) is 35.8 Å². The lowest BCUT2D eigenvalue weighted by Gasteiger charge is -2.11. The van der Waals surface area contributed by atoms with Gasteiger partial charge in [-0.25, -0.2) is 9.97 Å². The summed E-state index contributed by atoms with van der Waals surface area (Å²) < 4.78 is 0. The molecule has 1 aliphatic rings. The molecule has 1 aliphatic heterocycles. The second-order valence-electron chi connectivity index (χ2n) is 7.68. The molecule has 0 spiro atoms. The van der Waals surface area contributed by atoms with Crippen LogP contribution in [0.25, 0.3) is 22.6 Å². The lowest BCUT2D eigenvalue weighted by Crippen LogP contribution is -2.24. The Bertz CT molecular complexity index is 1080. The van der Waals surface area contributed by atoms with Crippen molar-refractivity contribution >= 4 is 5.91 Å². The minimum Gasteiger partial charge on any atom is -0.383 e. The van der Waals surface area contributed by atoms with Crippen LogP contribution in [0.1, 0.15) is 51.3 Å². The first kappa shape index (κ1) is 25.7. The summed E-state index contributed by atoms with van der Waals surface area (Å²) in [5.41, 5.74) is 4.70. The van der Waals surface area contributed by atoms with Crippen molar-refractivity contribution in [2.45, 2.75) is 46.1 Å². The number of aliphatic hydroxyl groups excluding tert-OH is 1. The van der Waals surface area contributed by atoms with Crippen LogP contribution in [0.3, 0.4) is 0 Å². The number of carbonyl (C=O) groups is 1. The normalized spacial score (nSPS) is 14.7. The second kappa shape index (κ2) is 12.5. The Labute approximate surface area is 196 Å². The molecule has 3 heterocycles. The van der Waals surface area contributed by atoms with E-state index in [-0.39, 0.29) is 5.91 Å². The number of nitrogens with zero attached hydrogens (tertiary/aromatic N) is 4. The molecule has 6 nitrogen and oxygen atoms in total. The van der Waals surface area contributed by atoms with Gasteiger partial charge < -0.3 is 10.0 Å². The van der Waals surface area contributed by atoms with Gasteiger partial charge in [0.2, 0.25) is 0 Å². The summed E-state index contributed by atoms with van der Waals surface area (Å²) in [5, 5.41) is 8.78. The van der Waals surface area contributed by atoms with Crippen molar-refractivity contribution in [1.82, 2.24) is 19.9 Å². The van der Waals surface area contributed by atoms with E-state index < -0.39 is 6.10 Å². The lowest BCUT2D eigenvalue weighted by atomic mass is 10.0. The van der Waals surface area contributed by atoms with Crippen molar-refractivity contribution in [3.05, 3.63) is 66.1 Å². The maximum absolute atomic E-state index is 10.6. The van der Waals surface area contributed by atoms with Crippen molar-refractivity contribution in [1.29, 1.82) is 0 Å². The lowest BCUT2D eigenvalue weighted by molar-refractivity contribution is -0.133. The fraction of sp³-hybridized carbons (Fsp3) is 0.333. The van der Waals surface area contributed by atoms with Gasteiger partial charge in [0.25, 0.3) is 5.91 Å². The minimum atomic E-state index is -0.722. The van der Waals surface area contributed by atoms with Gasteiger partial charge in [-0.05, 0) is 42.7 Å². The fourth-order valence-corrected chi connectivity index (χ4v) is 3.15. The summed E-state index contributed by atoms with van der Waals surface area (Å²) >= 11 is 0. The molecule has 1 aromatic carbocycles. The first-order chi connectivity index (χ1) is 15.9. The number of carbonyl (C=O) groups excluding carboxylic acids is 1. The Morgan fingerprint density at radius 3 is 2.30 bits per heavy atom. The molecular formula is C27H32N4O2. The number of rotatable bonds is 3. The van der Waals surface area contributed by atoms with Crippen LogP contribution in [-0.4, -0.2) is 50.6 Å². The SMILES string of the molecule is C#Cc1cccc(-c2cc(-c3ncccn3)cc(C(C)C)n2)c1.CC.CN1CCC(O)C1=O. The largest absolute Gasteiger partial charge is 0.383 e. The Morgan fingerprint density at radius 2 is 1.79 bits per heavy atom. The first-order valence-electron chi connectivity index (χ1n) is 11.2. The van der Waals surface area contributed by atoms with Gasteiger partial charge in [-0.2, -0.15) is 0 Å². The number of hydrogen-bond acceptors (Lipinski definition) is 5. The van der Waals surface area contributed by atoms with Crippen LogP contribution in [0.15, 0.2) is 54.9 Å². The predicted octanol–water partition coefficient (Wildman–Crippen LogP) is 4.55. The van der Waals surface area contributed by atoms with Crippen LogP contribution < -0.4 is 0 Å². The van der Waals surface area contributed by atoms with Crippen LogP contribution in [-0.2, 0) is 4.79 Å². The minimum absolute atomic E-state index is 0.148. The molecular weight excluding hydrogens is 412 g/mol. The van der Waals surface area contributed by atoms with Gasteiger partial charge in [0.05, 0.1) is 5.69 Å². The molecule has 0 bridgehead atoms. The van der Waals surface area contributed by atoms with Crippen molar-refractivity contribution in [2.75, 3.05) is 13.6 Å². The van der Waals surface area contributed by atoms with Crippen molar-refractivity contribution in [3.63, 3.8) is 0 Å². The standard InChI is InChI=1S/C20H17N3.C5H9NO2.C2H6/c1-4-15-7-5-8-16(11-15)19-13-17(12-18(23-19)14(2)3)20-21-9-6-10-22-20;1-6-3-2-4(7)5(6)8;1-2/h1,5-14H,2-3H3;4,7H,2-3H2,1H3;1-2H3. The molecule has 3 aromatic rings. The van der Waals surface area contributed by atoms with Gasteiger partial charge in [0.15, 0.2) is 5.82 Å². The highest BCUT2D eigenvalue weighted by molar-refractivity contribution is 5.82. The van der Waals surface area contributed by atoms with Crippen molar-refractivity contribution in [2.24, 2.45) is 0 Å². The van der Waals surface area contributed by atoms with E-state index >= 15 is 0 Å². The molecule has 0 aliphatic carbocycles. The zero-order valence-corrected chi connectivity index (χ0v) is 20.0. The van der Waals surface area contributed by atoms with Crippen LogP contribution >= 0.6 is 0 Å². The number of likely N-dealkylation sites (tertiary alicyclic amines) is 1. The van der Waals surface area contributed by atoms with Crippen LogP contribution in [0, 0.1) is 12.3 Å². The van der Waals surface area contributed by atoms with Crippen LogP contribution in [0.4, 0.5) is 0 Å². The fourth-order valence-electron chi connectivity index (χ4n) is 3.15. The number of benzene rings is 1. The summed E-state index contributed by atoms with van der Waals surface area (Å²) in [5.74, 6) is 3.53. The molecule has 1 fully saturated rings. The average Bonchev–Trinajstić information content (AvgIpc) is 3.16. The average molecular weight is 445 g/mol. The number of terminal acetylenes is 1. The number of likely N-dealkylation sites (N-methyl/N-ethyl adjacent to an activating group) is 1. The van der Waals surface area contributed by atoms with Gasteiger partial charge in [-0.1, -0.05) is 45.7 Å². The zero-order chi connectivity index (χ0) is 24.4. The van der Waals surface area contributed by atoms with Crippen molar-refractivity contribution in [3.8, 4) is 35.0 Å². The topological polar surface area (TPSA) is 79.2 Å². The van der Waals surface area contributed by atoms with E-state index in [9.17, 15) is 4.79 Å². The number of hydrogen-bond donors (Lipinski definition) is 1. The van der Waals surface area contributed by atoms with E-state index in [1.807, 2.05) is 50.2 Å². The molecule has 4 rings (SSSR count). The third-order valence-electron chi connectivity index (χ3n) is 4.98. The van der Waals surface area contributed by atoms with E-state index in [1.54, 1.807) is 19.4 Å². The Kier molecular flexibility index (Phi) is 9.71. The van der Waals surface area contributed by atoms with Gasteiger partial charge in [0.1, 0.15) is 6.10 Å².